The van der Waals surface area contributed by atoms with Gasteiger partial charge in [0.2, 0.25) is 0 Å². The third-order valence-electron chi connectivity index (χ3n) is 4.05. The van der Waals surface area contributed by atoms with Gasteiger partial charge in [-0.1, -0.05) is 0 Å². The topological polar surface area (TPSA) is 88.9 Å². The maximum atomic E-state index is 14.6. The van der Waals surface area contributed by atoms with Gasteiger partial charge in [-0.3, -0.25) is 4.72 Å². The average molecular weight is 447 g/mol. The van der Waals surface area contributed by atoms with Gasteiger partial charge in [0.05, 0.1) is 11.4 Å². The second kappa shape index (κ2) is 7.84. The molecule has 0 aliphatic rings. The van der Waals surface area contributed by atoms with Crippen molar-refractivity contribution in [3.8, 4) is 5.69 Å². The SMILES string of the molecule is Cc1cc(Nc2ccc(S(=O)(=O)Nc3nccs3)c(F)c2)n(-c2ccc(F)cc2)n1. The van der Waals surface area contributed by atoms with Crippen molar-refractivity contribution in [2.24, 2.45) is 0 Å². The molecule has 154 valence electrons. The van der Waals surface area contributed by atoms with Crippen LogP contribution in [0.5, 0.6) is 0 Å². The minimum Gasteiger partial charge on any atom is -0.340 e. The molecular weight excluding hydrogens is 432 g/mol. The predicted molar refractivity (Wildman–Crippen MR) is 111 cm³/mol. The number of halogens is 2. The van der Waals surface area contributed by atoms with E-state index in [0.717, 1.165) is 17.4 Å². The molecule has 0 saturated carbocycles. The number of thiazole rings is 1. The van der Waals surface area contributed by atoms with E-state index >= 15 is 0 Å². The lowest BCUT2D eigenvalue weighted by Crippen LogP contribution is -2.14. The van der Waals surface area contributed by atoms with E-state index in [9.17, 15) is 17.2 Å². The zero-order chi connectivity index (χ0) is 21.3. The van der Waals surface area contributed by atoms with Crippen molar-refractivity contribution in [2.75, 3.05) is 10.0 Å². The van der Waals surface area contributed by atoms with Crippen molar-refractivity contribution in [1.82, 2.24) is 14.8 Å². The molecule has 4 rings (SSSR count). The van der Waals surface area contributed by atoms with E-state index in [2.05, 4.69) is 20.1 Å². The Hall–Kier alpha value is -3.31. The summed E-state index contributed by atoms with van der Waals surface area (Å²) >= 11 is 1.09. The standard InChI is InChI=1S/C19H15F2N5O2S2/c1-12-10-18(26(24-12)15-5-2-13(20)3-6-15)23-14-4-7-17(16(21)11-14)30(27,28)25-19-22-8-9-29-19/h2-11,23H,1H3,(H,22,25). The third-order valence-corrected chi connectivity index (χ3v) is 6.24. The molecule has 0 bridgehead atoms. The number of rotatable bonds is 6. The van der Waals surface area contributed by atoms with Gasteiger partial charge in [-0.05, 0) is 49.4 Å². The van der Waals surface area contributed by atoms with E-state index in [1.54, 1.807) is 35.2 Å². The van der Waals surface area contributed by atoms with Gasteiger partial charge >= 0.3 is 0 Å². The molecule has 0 fully saturated rings. The number of hydrogen-bond donors (Lipinski definition) is 2. The number of anilines is 3. The van der Waals surface area contributed by atoms with Crippen molar-refractivity contribution in [3.63, 3.8) is 0 Å². The maximum Gasteiger partial charge on any atom is 0.266 e. The minimum absolute atomic E-state index is 0.148. The van der Waals surface area contributed by atoms with Gasteiger partial charge in [-0.25, -0.2) is 26.9 Å². The lowest BCUT2D eigenvalue weighted by molar-refractivity contribution is 0.570. The number of aryl methyl sites for hydroxylation is 1. The first-order valence-corrected chi connectivity index (χ1v) is 11.0. The summed E-state index contributed by atoms with van der Waals surface area (Å²) in [5.41, 5.74) is 1.62. The zero-order valence-electron chi connectivity index (χ0n) is 15.5. The van der Waals surface area contributed by atoms with Crippen LogP contribution in [0.1, 0.15) is 5.69 Å². The summed E-state index contributed by atoms with van der Waals surface area (Å²) in [4.78, 5) is 3.34. The van der Waals surface area contributed by atoms with Crippen molar-refractivity contribution in [1.29, 1.82) is 0 Å². The summed E-state index contributed by atoms with van der Waals surface area (Å²) in [5.74, 6) is -0.786. The smallest absolute Gasteiger partial charge is 0.266 e. The second-order valence-corrected chi connectivity index (χ2v) is 8.82. The summed E-state index contributed by atoms with van der Waals surface area (Å²) in [6.45, 7) is 1.78. The number of sulfonamides is 1. The molecule has 0 aliphatic heterocycles. The van der Waals surface area contributed by atoms with Crippen molar-refractivity contribution < 1.29 is 17.2 Å². The molecule has 0 aliphatic carbocycles. The summed E-state index contributed by atoms with van der Waals surface area (Å²) in [7, 11) is -4.11. The van der Waals surface area contributed by atoms with Gasteiger partial charge in [-0.2, -0.15) is 5.10 Å². The Bertz CT molecular complexity index is 1290. The highest BCUT2D eigenvalue weighted by Crippen LogP contribution is 2.26. The fraction of sp³-hybridized carbons (Fsp3) is 0.0526. The molecule has 7 nitrogen and oxygen atoms in total. The van der Waals surface area contributed by atoms with Crippen LogP contribution < -0.4 is 10.0 Å². The zero-order valence-corrected chi connectivity index (χ0v) is 17.1. The normalized spacial score (nSPS) is 11.4. The van der Waals surface area contributed by atoms with E-state index in [0.29, 0.717) is 22.9 Å². The Morgan fingerprint density at radius 3 is 2.50 bits per heavy atom. The van der Waals surface area contributed by atoms with Gasteiger partial charge in [0.25, 0.3) is 10.0 Å². The van der Waals surface area contributed by atoms with Crippen LogP contribution in [0, 0.1) is 18.6 Å². The highest BCUT2D eigenvalue weighted by molar-refractivity contribution is 7.93. The highest BCUT2D eigenvalue weighted by atomic mass is 32.2. The van der Waals surface area contributed by atoms with Gasteiger partial charge in [0.15, 0.2) is 5.13 Å². The molecule has 4 aromatic rings. The number of nitrogens with zero attached hydrogens (tertiary/aromatic N) is 3. The molecule has 0 unspecified atom stereocenters. The molecule has 0 radical (unpaired) electrons. The molecule has 0 saturated heterocycles. The Kier molecular flexibility index (Phi) is 5.22. The quantitative estimate of drug-likeness (QED) is 0.456. The van der Waals surface area contributed by atoms with Crippen LogP contribution in [0.25, 0.3) is 5.69 Å². The van der Waals surface area contributed by atoms with Crippen molar-refractivity contribution in [3.05, 3.63) is 77.4 Å². The number of nitrogens with one attached hydrogen (secondary N) is 2. The fourth-order valence-electron chi connectivity index (χ4n) is 2.76. The van der Waals surface area contributed by atoms with Crippen LogP contribution >= 0.6 is 11.3 Å². The monoisotopic (exact) mass is 447 g/mol. The lowest BCUT2D eigenvalue weighted by atomic mass is 10.3. The fourth-order valence-corrected chi connectivity index (χ4v) is 4.61. The molecule has 0 atom stereocenters. The van der Waals surface area contributed by atoms with Crippen LogP contribution in [0.3, 0.4) is 0 Å². The molecule has 2 aromatic carbocycles. The summed E-state index contributed by atoms with van der Waals surface area (Å²) in [5, 5.41) is 9.12. The molecule has 2 heterocycles. The highest BCUT2D eigenvalue weighted by Gasteiger charge is 2.21. The Morgan fingerprint density at radius 1 is 1.07 bits per heavy atom. The summed E-state index contributed by atoms with van der Waals surface area (Å²) in [6.07, 6.45) is 1.44. The van der Waals surface area contributed by atoms with E-state index in [4.69, 9.17) is 0 Å². The van der Waals surface area contributed by atoms with Crippen LogP contribution in [0.2, 0.25) is 0 Å². The minimum atomic E-state index is -4.11. The molecule has 0 amide bonds. The van der Waals surface area contributed by atoms with Gasteiger partial charge in [0, 0.05) is 23.3 Å². The summed E-state index contributed by atoms with van der Waals surface area (Å²) in [6, 6.07) is 11.2. The van der Waals surface area contributed by atoms with Gasteiger partial charge in [-0.15, -0.1) is 11.3 Å². The first kappa shape index (κ1) is 20.0. The van der Waals surface area contributed by atoms with E-state index in [1.807, 2.05) is 0 Å². The van der Waals surface area contributed by atoms with E-state index in [-0.39, 0.29) is 10.9 Å². The molecule has 2 aromatic heterocycles. The average Bonchev–Trinajstić information content (AvgIpc) is 3.31. The Morgan fingerprint density at radius 2 is 1.83 bits per heavy atom. The van der Waals surface area contributed by atoms with Crippen LogP contribution in [-0.4, -0.2) is 23.2 Å². The van der Waals surface area contributed by atoms with Crippen molar-refractivity contribution >= 4 is 38.0 Å². The molecule has 0 spiro atoms. The van der Waals surface area contributed by atoms with E-state index in [1.165, 1.54) is 30.5 Å². The predicted octanol–water partition coefficient (Wildman–Crippen LogP) is 4.46. The second-order valence-electron chi connectivity index (χ2n) is 6.27. The van der Waals surface area contributed by atoms with Gasteiger partial charge in [0.1, 0.15) is 22.3 Å². The van der Waals surface area contributed by atoms with Crippen molar-refractivity contribution in [2.45, 2.75) is 11.8 Å². The lowest BCUT2D eigenvalue weighted by Gasteiger charge is -2.12. The first-order chi connectivity index (χ1) is 14.3. The van der Waals surface area contributed by atoms with E-state index < -0.39 is 20.7 Å². The maximum absolute atomic E-state index is 14.6. The van der Waals surface area contributed by atoms with Crippen LogP contribution in [-0.2, 0) is 10.0 Å². The summed E-state index contributed by atoms with van der Waals surface area (Å²) < 4.78 is 56.4. The molecule has 11 heteroatoms. The Labute approximate surface area is 175 Å². The molecule has 30 heavy (non-hydrogen) atoms. The van der Waals surface area contributed by atoms with Gasteiger partial charge < -0.3 is 5.32 Å². The number of benzene rings is 2. The number of aromatic nitrogens is 3. The number of hydrogen-bond acceptors (Lipinski definition) is 6. The molecular formula is C19H15F2N5O2S2. The third kappa shape index (κ3) is 4.16. The van der Waals surface area contributed by atoms with Crippen LogP contribution in [0.15, 0.2) is 65.0 Å². The molecule has 2 N–H and O–H groups in total. The first-order valence-electron chi connectivity index (χ1n) is 8.63. The Balaban J connectivity index is 1.61. The van der Waals surface area contributed by atoms with Crippen LogP contribution in [0.4, 0.5) is 25.4 Å². The largest absolute Gasteiger partial charge is 0.340 e.